The van der Waals surface area contributed by atoms with Crippen molar-refractivity contribution in [1.82, 2.24) is 9.97 Å². The number of anilines is 1. The van der Waals surface area contributed by atoms with E-state index in [1.807, 2.05) is 17.8 Å². The van der Waals surface area contributed by atoms with Gasteiger partial charge in [-0.25, -0.2) is 9.97 Å². The molecule has 0 spiro atoms. The lowest BCUT2D eigenvalue weighted by Crippen LogP contribution is -2.19. The van der Waals surface area contributed by atoms with Gasteiger partial charge in [-0.2, -0.15) is 11.8 Å². The van der Waals surface area contributed by atoms with Crippen LogP contribution in [0.1, 0.15) is 31.0 Å². The van der Waals surface area contributed by atoms with Crippen LogP contribution in [-0.2, 0) is 0 Å². The van der Waals surface area contributed by atoms with Crippen LogP contribution >= 0.6 is 27.7 Å². The predicted molar refractivity (Wildman–Crippen MR) is 71.1 cm³/mol. The zero-order valence-electron chi connectivity index (χ0n) is 8.95. The van der Waals surface area contributed by atoms with Crippen LogP contribution < -0.4 is 5.32 Å². The largest absolute Gasteiger partial charge is 0.366 e. The van der Waals surface area contributed by atoms with Crippen LogP contribution in [0.5, 0.6) is 0 Å². The molecule has 1 aliphatic carbocycles. The van der Waals surface area contributed by atoms with Gasteiger partial charge in [-0.05, 0) is 40.9 Å². The lowest BCUT2D eigenvalue weighted by atomic mass is 10.2. The van der Waals surface area contributed by atoms with Crippen molar-refractivity contribution in [1.29, 1.82) is 0 Å². The van der Waals surface area contributed by atoms with Gasteiger partial charge in [0.2, 0.25) is 0 Å². The lowest BCUT2D eigenvalue weighted by Gasteiger charge is -2.12. The van der Waals surface area contributed by atoms with Gasteiger partial charge in [-0.3, -0.25) is 0 Å². The molecule has 5 heteroatoms. The van der Waals surface area contributed by atoms with Crippen molar-refractivity contribution in [2.75, 3.05) is 16.8 Å². The van der Waals surface area contributed by atoms with Crippen LogP contribution in [0.25, 0.3) is 0 Å². The van der Waals surface area contributed by atoms with E-state index in [4.69, 9.17) is 0 Å². The molecule has 1 aromatic rings. The minimum Gasteiger partial charge on any atom is -0.366 e. The highest BCUT2D eigenvalue weighted by Gasteiger charge is 2.27. The fourth-order valence-electron chi connectivity index (χ4n) is 1.89. The summed E-state index contributed by atoms with van der Waals surface area (Å²) in [5.74, 6) is 5.05. The summed E-state index contributed by atoms with van der Waals surface area (Å²) in [7, 11) is 0. The summed E-state index contributed by atoms with van der Waals surface area (Å²) in [6.45, 7) is 0. The number of hydrogen-bond acceptors (Lipinski definition) is 4. The Morgan fingerprint density at radius 2 is 2.19 bits per heavy atom. The topological polar surface area (TPSA) is 37.8 Å². The molecule has 3 rings (SSSR count). The summed E-state index contributed by atoms with van der Waals surface area (Å²) in [5, 5.41) is 3.50. The average Bonchev–Trinajstić information content (AvgIpc) is 2.98. The van der Waals surface area contributed by atoms with Gasteiger partial charge in [0.15, 0.2) is 0 Å². The number of aromatic nitrogens is 2. The van der Waals surface area contributed by atoms with E-state index in [1.54, 1.807) is 0 Å². The molecule has 1 saturated carbocycles. The van der Waals surface area contributed by atoms with Crippen LogP contribution in [0.4, 0.5) is 5.82 Å². The summed E-state index contributed by atoms with van der Waals surface area (Å²) in [6, 6.07) is 2.56. The first-order valence-electron chi connectivity index (χ1n) is 5.70. The monoisotopic (exact) mass is 299 g/mol. The van der Waals surface area contributed by atoms with Crippen molar-refractivity contribution in [3.05, 3.63) is 16.5 Å². The van der Waals surface area contributed by atoms with Crippen molar-refractivity contribution >= 4 is 33.5 Å². The van der Waals surface area contributed by atoms with Gasteiger partial charge >= 0.3 is 0 Å². The Hall–Kier alpha value is -0.290. The maximum Gasteiger partial charge on any atom is 0.135 e. The van der Waals surface area contributed by atoms with E-state index >= 15 is 0 Å². The van der Waals surface area contributed by atoms with E-state index < -0.39 is 0 Å². The highest BCUT2D eigenvalue weighted by Crippen LogP contribution is 2.38. The number of halogens is 1. The Morgan fingerprint density at radius 3 is 2.88 bits per heavy atom. The molecular weight excluding hydrogens is 286 g/mol. The molecule has 1 unspecified atom stereocenters. The number of rotatable bonds is 3. The smallest absolute Gasteiger partial charge is 0.135 e. The Morgan fingerprint density at radius 1 is 1.31 bits per heavy atom. The van der Waals surface area contributed by atoms with Crippen molar-refractivity contribution in [2.45, 2.75) is 31.2 Å². The molecule has 16 heavy (non-hydrogen) atoms. The molecule has 1 N–H and O–H groups in total. The maximum absolute atomic E-state index is 4.60. The molecule has 1 atom stereocenters. The first-order chi connectivity index (χ1) is 7.81. The fourth-order valence-corrected chi connectivity index (χ4v) is 3.44. The summed E-state index contributed by atoms with van der Waals surface area (Å²) >= 11 is 5.47. The summed E-state index contributed by atoms with van der Waals surface area (Å²) in [5.41, 5.74) is 0. The third-order valence-corrected chi connectivity index (χ3v) is 4.51. The first kappa shape index (κ1) is 10.8. The first-order valence-corrected chi connectivity index (χ1v) is 7.65. The van der Waals surface area contributed by atoms with Crippen LogP contribution in [0.3, 0.4) is 0 Å². The zero-order valence-corrected chi connectivity index (χ0v) is 11.4. The number of hydrogen-bond donors (Lipinski definition) is 1. The van der Waals surface area contributed by atoms with Crippen LogP contribution in [0, 0.1) is 0 Å². The van der Waals surface area contributed by atoms with E-state index in [0.717, 1.165) is 16.2 Å². The number of nitrogens with one attached hydrogen (secondary N) is 1. The van der Waals surface area contributed by atoms with E-state index in [2.05, 4.69) is 31.2 Å². The zero-order chi connectivity index (χ0) is 11.0. The quantitative estimate of drug-likeness (QED) is 0.871. The fraction of sp³-hybridized carbons (Fsp3) is 0.636. The summed E-state index contributed by atoms with van der Waals surface area (Å²) in [6.07, 6.45) is 3.73. The van der Waals surface area contributed by atoms with Gasteiger partial charge in [-0.1, -0.05) is 0 Å². The van der Waals surface area contributed by atoms with Crippen LogP contribution in [-0.4, -0.2) is 27.5 Å². The standard InChI is InChI=1S/C11H14BrN3S/c12-9-5-10(13-8-3-4-16-6-8)15-11(14-9)7-1-2-7/h5,7-8H,1-4,6H2,(H,13,14,15). The van der Waals surface area contributed by atoms with Gasteiger partial charge in [-0.15, -0.1) is 0 Å². The van der Waals surface area contributed by atoms with Crippen molar-refractivity contribution < 1.29 is 0 Å². The van der Waals surface area contributed by atoms with Gasteiger partial charge in [0, 0.05) is 23.8 Å². The molecule has 2 aliphatic rings. The molecular formula is C11H14BrN3S. The van der Waals surface area contributed by atoms with Gasteiger partial charge in [0.25, 0.3) is 0 Å². The molecule has 0 amide bonds. The highest BCUT2D eigenvalue weighted by atomic mass is 79.9. The molecule has 0 bridgehead atoms. The molecule has 2 heterocycles. The normalized spacial score (nSPS) is 24.7. The Kier molecular flexibility index (Phi) is 3.07. The average molecular weight is 300 g/mol. The number of thioether (sulfide) groups is 1. The van der Waals surface area contributed by atoms with Gasteiger partial charge in [0.05, 0.1) is 0 Å². The predicted octanol–water partition coefficient (Wildman–Crippen LogP) is 3.03. The second-order valence-corrected chi connectivity index (χ2v) is 6.38. The van der Waals surface area contributed by atoms with E-state index in [0.29, 0.717) is 12.0 Å². The molecule has 2 fully saturated rings. The lowest BCUT2D eigenvalue weighted by molar-refractivity contribution is 0.798. The van der Waals surface area contributed by atoms with Crippen LogP contribution in [0.15, 0.2) is 10.7 Å². The summed E-state index contributed by atoms with van der Waals surface area (Å²) in [4.78, 5) is 9.03. The minimum atomic E-state index is 0.582. The van der Waals surface area contributed by atoms with Crippen molar-refractivity contribution in [3.8, 4) is 0 Å². The van der Waals surface area contributed by atoms with Crippen molar-refractivity contribution in [2.24, 2.45) is 0 Å². The second-order valence-electron chi connectivity index (χ2n) is 4.41. The van der Waals surface area contributed by atoms with E-state index in [9.17, 15) is 0 Å². The molecule has 0 aromatic carbocycles. The molecule has 1 aromatic heterocycles. The molecule has 3 nitrogen and oxygen atoms in total. The van der Waals surface area contributed by atoms with E-state index in [1.165, 1.54) is 30.8 Å². The van der Waals surface area contributed by atoms with Gasteiger partial charge < -0.3 is 5.32 Å². The number of nitrogens with zero attached hydrogens (tertiary/aromatic N) is 2. The SMILES string of the molecule is Brc1cc(NC2CCSC2)nc(C2CC2)n1. The van der Waals surface area contributed by atoms with Gasteiger partial charge in [0.1, 0.15) is 16.2 Å². The Balaban J connectivity index is 1.76. The third kappa shape index (κ3) is 2.51. The van der Waals surface area contributed by atoms with Crippen LogP contribution in [0.2, 0.25) is 0 Å². The highest BCUT2D eigenvalue weighted by molar-refractivity contribution is 9.10. The molecule has 0 radical (unpaired) electrons. The van der Waals surface area contributed by atoms with Crippen molar-refractivity contribution in [3.63, 3.8) is 0 Å². The summed E-state index contributed by atoms with van der Waals surface area (Å²) < 4.78 is 0.901. The Labute approximate surface area is 108 Å². The van der Waals surface area contributed by atoms with E-state index in [-0.39, 0.29) is 0 Å². The third-order valence-electron chi connectivity index (χ3n) is 2.94. The molecule has 1 saturated heterocycles. The molecule has 86 valence electrons. The minimum absolute atomic E-state index is 0.582. The molecule has 1 aliphatic heterocycles. The second kappa shape index (κ2) is 4.53. The maximum atomic E-state index is 4.60. The Bertz CT molecular complexity index is 389.